The van der Waals surface area contributed by atoms with Gasteiger partial charge in [-0.2, -0.15) is 0 Å². The molecule has 0 bridgehead atoms. The molecule has 0 radical (unpaired) electrons. The lowest BCUT2D eigenvalue weighted by Crippen LogP contribution is -2.29. The van der Waals surface area contributed by atoms with Crippen LogP contribution < -0.4 is 0 Å². The second-order valence-electron chi connectivity index (χ2n) is 4.05. The molecular weight excluding hydrogens is 226 g/mol. The first-order valence-corrected chi connectivity index (χ1v) is 7.08. The Labute approximate surface area is 99.2 Å². The minimum atomic E-state index is -1.53. The maximum Gasteiger partial charge on any atom is 0.323 e. The van der Waals surface area contributed by atoms with Crippen molar-refractivity contribution in [3.05, 3.63) is 0 Å². The molecule has 0 saturated carbocycles. The summed E-state index contributed by atoms with van der Waals surface area (Å²) >= 11 is 0. The second kappa shape index (κ2) is 8.69. The van der Waals surface area contributed by atoms with E-state index >= 15 is 0 Å². The van der Waals surface area contributed by atoms with Crippen LogP contribution >= 0.6 is 0 Å². The molecule has 0 heterocycles. The van der Waals surface area contributed by atoms with Crippen molar-refractivity contribution in [1.29, 1.82) is 0 Å². The largest absolute Gasteiger partial charge is 0.481 e. The average molecular weight is 249 g/mol. The molecule has 0 aliphatic carbocycles. The maximum atomic E-state index is 10.4. The van der Waals surface area contributed by atoms with E-state index in [2.05, 4.69) is 6.92 Å². The SMILES string of the molecule is CO[SiH](OC)C(C)CCN(C)CCC(=O)O. The molecule has 16 heavy (non-hydrogen) atoms. The van der Waals surface area contributed by atoms with Crippen LogP contribution in [0.15, 0.2) is 0 Å². The van der Waals surface area contributed by atoms with E-state index in [-0.39, 0.29) is 6.42 Å². The van der Waals surface area contributed by atoms with Crippen LogP contribution in [0.4, 0.5) is 0 Å². The third-order valence-corrected chi connectivity index (χ3v) is 4.79. The van der Waals surface area contributed by atoms with Crippen LogP contribution in [0, 0.1) is 0 Å². The predicted molar refractivity (Wildman–Crippen MR) is 65.0 cm³/mol. The zero-order chi connectivity index (χ0) is 12.6. The van der Waals surface area contributed by atoms with Crippen molar-refractivity contribution in [1.82, 2.24) is 4.90 Å². The highest BCUT2D eigenvalue weighted by Crippen LogP contribution is 2.15. The second-order valence-corrected chi connectivity index (χ2v) is 6.87. The van der Waals surface area contributed by atoms with E-state index in [0.29, 0.717) is 12.1 Å². The van der Waals surface area contributed by atoms with Crippen LogP contribution in [0.2, 0.25) is 5.54 Å². The molecule has 0 aliphatic rings. The van der Waals surface area contributed by atoms with Gasteiger partial charge >= 0.3 is 15.3 Å². The van der Waals surface area contributed by atoms with Crippen LogP contribution in [0.25, 0.3) is 0 Å². The van der Waals surface area contributed by atoms with E-state index in [1.165, 1.54) is 0 Å². The van der Waals surface area contributed by atoms with Crippen molar-refractivity contribution in [2.45, 2.75) is 25.3 Å². The van der Waals surface area contributed by atoms with E-state index in [1.807, 2.05) is 11.9 Å². The standard InChI is InChI=1S/C10H23NO4Si/c1-9(16(14-3)15-4)5-7-11(2)8-6-10(12)13/h9,16H,5-8H2,1-4H3,(H,12,13). The molecular formula is C10H23NO4Si. The van der Waals surface area contributed by atoms with E-state index < -0.39 is 15.3 Å². The Morgan fingerprint density at radius 2 is 1.94 bits per heavy atom. The number of nitrogens with zero attached hydrogens (tertiary/aromatic N) is 1. The molecule has 6 heteroatoms. The summed E-state index contributed by atoms with van der Waals surface area (Å²) in [7, 11) is 3.78. The Kier molecular flexibility index (Phi) is 8.45. The van der Waals surface area contributed by atoms with Crippen LogP contribution in [-0.2, 0) is 13.6 Å². The van der Waals surface area contributed by atoms with Gasteiger partial charge in [0.25, 0.3) is 0 Å². The Morgan fingerprint density at radius 1 is 1.38 bits per heavy atom. The molecule has 0 aliphatic heterocycles. The fourth-order valence-electron chi connectivity index (χ4n) is 1.52. The van der Waals surface area contributed by atoms with Gasteiger partial charge in [0.2, 0.25) is 0 Å². The fourth-order valence-corrected chi connectivity index (χ4v) is 3.06. The summed E-state index contributed by atoms with van der Waals surface area (Å²) in [5, 5.41) is 8.54. The Balaban J connectivity index is 3.73. The summed E-state index contributed by atoms with van der Waals surface area (Å²) in [6.45, 7) is 3.59. The lowest BCUT2D eigenvalue weighted by Gasteiger charge is -2.22. The molecule has 0 aromatic carbocycles. The Bertz CT molecular complexity index is 199. The van der Waals surface area contributed by atoms with E-state index in [4.69, 9.17) is 14.0 Å². The molecule has 1 N–H and O–H groups in total. The highest BCUT2D eigenvalue weighted by atomic mass is 28.3. The lowest BCUT2D eigenvalue weighted by molar-refractivity contribution is -0.137. The summed E-state index contributed by atoms with van der Waals surface area (Å²) in [4.78, 5) is 12.4. The first kappa shape index (κ1) is 15.6. The summed E-state index contributed by atoms with van der Waals surface area (Å²) < 4.78 is 10.6. The smallest absolute Gasteiger partial charge is 0.323 e. The molecule has 1 unspecified atom stereocenters. The van der Waals surface area contributed by atoms with Gasteiger partial charge in [0, 0.05) is 20.8 Å². The molecule has 0 aromatic heterocycles. The summed E-state index contributed by atoms with van der Waals surface area (Å²) in [6, 6.07) is 0. The van der Waals surface area contributed by atoms with E-state index in [0.717, 1.165) is 13.0 Å². The monoisotopic (exact) mass is 249 g/mol. The van der Waals surface area contributed by atoms with Crippen LogP contribution in [0.3, 0.4) is 0 Å². The van der Waals surface area contributed by atoms with E-state index in [1.54, 1.807) is 14.2 Å². The minimum absolute atomic E-state index is 0.195. The van der Waals surface area contributed by atoms with Gasteiger partial charge in [0.15, 0.2) is 0 Å². The molecule has 0 fully saturated rings. The molecule has 96 valence electrons. The van der Waals surface area contributed by atoms with Crippen molar-refractivity contribution in [2.24, 2.45) is 0 Å². The summed E-state index contributed by atoms with van der Waals surface area (Å²) in [5.41, 5.74) is 0.433. The van der Waals surface area contributed by atoms with Gasteiger partial charge < -0.3 is 18.9 Å². The van der Waals surface area contributed by atoms with Crippen LogP contribution in [0.5, 0.6) is 0 Å². The quantitative estimate of drug-likeness (QED) is 0.609. The maximum absolute atomic E-state index is 10.4. The van der Waals surface area contributed by atoms with Gasteiger partial charge in [0.1, 0.15) is 0 Å². The third-order valence-electron chi connectivity index (χ3n) is 2.60. The van der Waals surface area contributed by atoms with Gasteiger partial charge in [-0.25, -0.2) is 0 Å². The molecule has 0 saturated heterocycles. The first-order valence-electron chi connectivity index (χ1n) is 5.47. The molecule has 1 atom stereocenters. The van der Waals surface area contributed by atoms with Crippen LogP contribution in [-0.4, -0.2) is 59.6 Å². The van der Waals surface area contributed by atoms with Crippen molar-refractivity contribution < 1.29 is 18.8 Å². The number of rotatable bonds is 9. The first-order chi connectivity index (χ1) is 7.51. The number of hydrogen-bond acceptors (Lipinski definition) is 4. The summed E-state index contributed by atoms with van der Waals surface area (Å²) in [6.07, 6.45) is 1.18. The topological polar surface area (TPSA) is 59.0 Å². The van der Waals surface area contributed by atoms with E-state index in [9.17, 15) is 4.79 Å². The average Bonchev–Trinajstić information content (AvgIpc) is 2.25. The van der Waals surface area contributed by atoms with Gasteiger partial charge in [0.05, 0.1) is 6.42 Å². The zero-order valence-corrected chi connectivity index (χ0v) is 11.8. The molecule has 0 rings (SSSR count). The van der Waals surface area contributed by atoms with Gasteiger partial charge in [-0.05, 0) is 25.6 Å². The Hall–Kier alpha value is -0.433. The Morgan fingerprint density at radius 3 is 2.38 bits per heavy atom. The highest BCUT2D eigenvalue weighted by Gasteiger charge is 2.19. The lowest BCUT2D eigenvalue weighted by atomic mass is 10.3. The normalized spacial score (nSPS) is 13.4. The molecule has 0 amide bonds. The number of carboxylic acid groups (broad SMARTS) is 1. The zero-order valence-electron chi connectivity index (χ0n) is 10.6. The van der Waals surface area contributed by atoms with Gasteiger partial charge in [-0.1, -0.05) is 6.92 Å². The van der Waals surface area contributed by atoms with Gasteiger partial charge in [-0.15, -0.1) is 0 Å². The van der Waals surface area contributed by atoms with Crippen molar-refractivity contribution in [2.75, 3.05) is 34.4 Å². The molecule has 0 aromatic rings. The highest BCUT2D eigenvalue weighted by molar-refractivity contribution is 6.46. The predicted octanol–water partition coefficient (Wildman–Crippen LogP) is 0.686. The van der Waals surface area contributed by atoms with Gasteiger partial charge in [-0.3, -0.25) is 4.79 Å². The minimum Gasteiger partial charge on any atom is -0.481 e. The fraction of sp³-hybridized carbons (Fsp3) is 0.900. The number of carboxylic acids is 1. The third kappa shape index (κ3) is 6.94. The number of carbonyl (C=O) groups is 1. The van der Waals surface area contributed by atoms with Crippen LogP contribution in [0.1, 0.15) is 19.8 Å². The van der Waals surface area contributed by atoms with Crippen molar-refractivity contribution in [3.63, 3.8) is 0 Å². The number of aliphatic carboxylic acids is 1. The summed E-state index contributed by atoms with van der Waals surface area (Å²) in [5.74, 6) is -0.749. The number of hydrogen-bond donors (Lipinski definition) is 1. The molecule has 0 spiro atoms. The van der Waals surface area contributed by atoms with Crippen molar-refractivity contribution >= 4 is 15.3 Å². The van der Waals surface area contributed by atoms with Crippen molar-refractivity contribution in [3.8, 4) is 0 Å². The molecule has 5 nitrogen and oxygen atoms in total.